The molecule has 0 aromatic heterocycles. The van der Waals surface area contributed by atoms with Gasteiger partial charge in [-0.3, -0.25) is 9.59 Å². The van der Waals surface area contributed by atoms with Gasteiger partial charge in [0.1, 0.15) is 0 Å². The van der Waals surface area contributed by atoms with Gasteiger partial charge in [0.15, 0.2) is 0 Å². The first kappa shape index (κ1) is 15.8. The highest BCUT2D eigenvalue weighted by molar-refractivity contribution is 6.07. The van der Waals surface area contributed by atoms with Crippen molar-refractivity contribution < 1.29 is 9.59 Å². The number of amides is 2. The van der Waals surface area contributed by atoms with Crippen LogP contribution in [0.1, 0.15) is 35.7 Å². The van der Waals surface area contributed by atoms with Crippen LogP contribution < -0.4 is 10.6 Å². The summed E-state index contributed by atoms with van der Waals surface area (Å²) in [6.45, 7) is 3.92. The average molecular weight is 296 g/mol. The van der Waals surface area contributed by atoms with Crippen molar-refractivity contribution in [2.75, 3.05) is 10.6 Å². The van der Waals surface area contributed by atoms with Gasteiger partial charge in [0, 0.05) is 12.0 Å². The average Bonchev–Trinajstić information content (AvgIpc) is 2.50. The van der Waals surface area contributed by atoms with Crippen molar-refractivity contribution in [2.24, 2.45) is 0 Å². The van der Waals surface area contributed by atoms with Gasteiger partial charge in [-0.15, -0.1) is 0 Å². The van der Waals surface area contributed by atoms with E-state index in [1.807, 2.05) is 38.1 Å². The van der Waals surface area contributed by atoms with Crippen molar-refractivity contribution in [3.8, 4) is 0 Å². The molecule has 0 aliphatic rings. The van der Waals surface area contributed by atoms with Gasteiger partial charge in [0.2, 0.25) is 5.91 Å². The topological polar surface area (TPSA) is 58.2 Å². The highest BCUT2D eigenvalue weighted by atomic mass is 16.2. The molecule has 114 valence electrons. The van der Waals surface area contributed by atoms with Crippen molar-refractivity contribution in [1.29, 1.82) is 0 Å². The van der Waals surface area contributed by atoms with Crippen LogP contribution in [0.3, 0.4) is 0 Å². The second kappa shape index (κ2) is 7.41. The fourth-order valence-corrected chi connectivity index (χ4v) is 2.04. The van der Waals surface area contributed by atoms with E-state index in [-0.39, 0.29) is 11.8 Å². The molecule has 0 aliphatic heterocycles. The van der Waals surface area contributed by atoms with Gasteiger partial charge in [-0.2, -0.15) is 0 Å². The van der Waals surface area contributed by atoms with Crippen molar-refractivity contribution in [3.05, 3.63) is 59.7 Å². The van der Waals surface area contributed by atoms with Crippen molar-refractivity contribution in [2.45, 2.75) is 26.7 Å². The summed E-state index contributed by atoms with van der Waals surface area (Å²) in [5.74, 6) is -0.253. The molecule has 0 radical (unpaired) electrons. The van der Waals surface area contributed by atoms with Crippen LogP contribution in [0.4, 0.5) is 11.4 Å². The van der Waals surface area contributed by atoms with Crippen LogP contribution >= 0.6 is 0 Å². The van der Waals surface area contributed by atoms with Gasteiger partial charge in [-0.25, -0.2) is 0 Å². The predicted molar refractivity (Wildman–Crippen MR) is 89.1 cm³/mol. The van der Waals surface area contributed by atoms with E-state index in [0.29, 0.717) is 23.4 Å². The van der Waals surface area contributed by atoms with E-state index in [0.717, 1.165) is 12.0 Å². The largest absolute Gasteiger partial charge is 0.324 e. The smallest absolute Gasteiger partial charge is 0.255 e. The Kier molecular flexibility index (Phi) is 5.31. The third kappa shape index (κ3) is 4.19. The molecule has 0 atom stereocenters. The maximum absolute atomic E-state index is 12.3. The maximum atomic E-state index is 12.3. The van der Waals surface area contributed by atoms with Crippen LogP contribution in [0.2, 0.25) is 0 Å². The summed E-state index contributed by atoms with van der Waals surface area (Å²) in [6, 6.07) is 14.5. The molecule has 2 amide bonds. The molecule has 0 aliphatic carbocycles. The molecule has 0 bridgehead atoms. The number of hydrogen-bond donors (Lipinski definition) is 2. The molecule has 0 saturated carbocycles. The van der Waals surface area contributed by atoms with Gasteiger partial charge in [-0.1, -0.05) is 36.8 Å². The van der Waals surface area contributed by atoms with Gasteiger partial charge in [0.25, 0.3) is 5.91 Å². The Labute approximate surface area is 130 Å². The third-order valence-corrected chi connectivity index (χ3v) is 3.24. The van der Waals surface area contributed by atoms with Gasteiger partial charge in [0.05, 0.1) is 11.4 Å². The number of benzene rings is 2. The number of carbonyl (C=O) groups excluding carboxylic acids is 2. The van der Waals surface area contributed by atoms with E-state index in [9.17, 15) is 9.59 Å². The number of para-hydroxylation sites is 2. The van der Waals surface area contributed by atoms with Gasteiger partial charge in [-0.05, 0) is 37.6 Å². The SMILES string of the molecule is CCCC(=O)Nc1ccccc1NC(=O)c1ccc(C)cc1. The number of aryl methyl sites for hydroxylation is 1. The highest BCUT2D eigenvalue weighted by Gasteiger charge is 2.10. The van der Waals surface area contributed by atoms with Crippen LogP contribution in [0.25, 0.3) is 0 Å². The van der Waals surface area contributed by atoms with Crippen LogP contribution in [0.5, 0.6) is 0 Å². The Morgan fingerprint density at radius 2 is 1.50 bits per heavy atom. The van der Waals surface area contributed by atoms with Crippen LogP contribution in [-0.2, 0) is 4.79 Å². The van der Waals surface area contributed by atoms with E-state index < -0.39 is 0 Å². The monoisotopic (exact) mass is 296 g/mol. The predicted octanol–water partition coefficient (Wildman–Crippen LogP) is 3.99. The first-order valence-corrected chi connectivity index (χ1v) is 7.37. The van der Waals surface area contributed by atoms with Crippen LogP contribution in [0.15, 0.2) is 48.5 Å². The minimum absolute atomic E-state index is 0.0560. The van der Waals surface area contributed by atoms with E-state index in [1.54, 1.807) is 24.3 Å². The minimum Gasteiger partial charge on any atom is -0.324 e. The van der Waals surface area contributed by atoms with Crippen molar-refractivity contribution in [1.82, 2.24) is 0 Å². The zero-order valence-corrected chi connectivity index (χ0v) is 12.8. The van der Waals surface area contributed by atoms with Gasteiger partial charge < -0.3 is 10.6 Å². The number of carbonyl (C=O) groups is 2. The minimum atomic E-state index is -0.197. The molecule has 2 rings (SSSR count). The fourth-order valence-electron chi connectivity index (χ4n) is 2.04. The first-order valence-electron chi connectivity index (χ1n) is 7.37. The summed E-state index contributed by atoms with van der Waals surface area (Å²) in [5, 5.41) is 5.66. The van der Waals surface area contributed by atoms with Crippen molar-refractivity contribution >= 4 is 23.2 Å². The molecular formula is C18H20N2O2. The molecule has 2 N–H and O–H groups in total. The molecule has 0 heterocycles. The van der Waals surface area contributed by atoms with E-state index in [2.05, 4.69) is 10.6 Å². The normalized spacial score (nSPS) is 10.1. The van der Waals surface area contributed by atoms with E-state index in [4.69, 9.17) is 0 Å². The molecule has 0 unspecified atom stereocenters. The summed E-state index contributed by atoms with van der Waals surface area (Å²) < 4.78 is 0. The number of hydrogen-bond acceptors (Lipinski definition) is 2. The standard InChI is InChI=1S/C18H20N2O2/c1-3-6-17(21)19-15-7-4-5-8-16(15)20-18(22)14-11-9-13(2)10-12-14/h4-5,7-12H,3,6H2,1-2H3,(H,19,21)(H,20,22). The Morgan fingerprint density at radius 3 is 2.09 bits per heavy atom. The molecule has 2 aromatic carbocycles. The molecule has 22 heavy (non-hydrogen) atoms. The van der Waals surface area contributed by atoms with Gasteiger partial charge >= 0.3 is 0 Å². The molecule has 0 spiro atoms. The van der Waals surface area contributed by atoms with E-state index >= 15 is 0 Å². The summed E-state index contributed by atoms with van der Waals surface area (Å²) in [5.41, 5.74) is 2.89. The summed E-state index contributed by atoms with van der Waals surface area (Å²) in [7, 11) is 0. The molecule has 4 nitrogen and oxygen atoms in total. The lowest BCUT2D eigenvalue weighted by atomic mass is 10.1. The fraction of sp³-hybridized carbons (Fsp3) is 0.222. The summed E-state index contributed by atoms with van der Waals surface area (Å²) >= 11 is 0. The Hall–Kier alpha value is -2.62. The highest BCUT2D eigenvalue weighted by Crippen LogP contribution is 2.22. The van der Waals surface area contributed by atoms with E-state index in [1.165, 1.54) is 0 Å². The second-order valence-corrected chi connectivity index (χ2v) is 5.16. The van der Waals surface area contributed by atoms with Crippen molar-refractivity contribution in [3.63, 3.8) is 0 Å². The molecule has 4 heteroatoms. The van der Waals surface area contributed by atoms with Crippen LogP contribution in [0, 0.1) is 6.92 Å². The summed E-state index contributed by atoms with van der Waals surface area (Å²) in [6.07, 6.45) is 1.24. The maximum Gasteiger partial charge on any atom is 0.255 e. The lowest BCUT2D eigenvalue weighted by molar-refractivity contribution is -0.116. The Morgan fingerprint density at radius 1 is 0.909 bits per heavy atom. The van der Waals surface area contributed by atoms with Crippen LogP contribution in [-0.4, -0.2) is 11.8 Å². The number of anilines is 2. The number of rotatable bonds is 5. The molecular weight excluding hydrogens is 276 g/mol. The zero-order valence-electron chi connectivity index (χ0n) is 12.8. The lowest BCUT2D eigenvalue weighted by Gasteiger charge is -2.12. The zero-order chi connectivity index (χ0) is 15.9. The second-order valence-electron chi connectivity index (χ2n) is 5.16. The molecule has 2 aromatic rings. The molecule has 0 saturated heterocycles. The Bertz CT molecular complexity index is 663. The Balaban J connectivity index is 2.13. The third-order valence-electron chi connectivity index (χ3n) is 3.24. The molecule has 0 fully saturated rings. The lowest BCUT2D eigenvalue weighted by Crippen LogP contribution is -2.16. The quantitative estimate of drug-likeness (QED) is 0.876. The summed E-state index contributed by atoms with van der Waals surface area (Å²) in [4.78, 5) is 24.0. The first-order chi connectivity index (χ1) is 10.6. The number of nitrogens with one attached hydrogen (secondary N) is 2.